The zero-order valence-electron chi connectivity index (χ0n) is 11.6. The van der Waals surface area contributed by atoms with Crippen LogP contribution in [0, 0.1) is 0 Å². The summed E-state index contributed by atoms with van der Waals surface area (Å²) in [5, 5.41) is 0. The van der Waals surface area contributed by atoms with Crippen LogP contribution in [0.25, 0.3) is 0 Å². The topological polar surface area (TPSA) is 75.7 Å². The van der Waals surface area contributed by atoms with Crippen molar-refractivity contribution in [1.29, 1.82) is 0 Å². The largest absolute Gasteiger partial charge is 0.469 e. The maximum Gasteiger partial charge on any atom is 0.306 e. The zero-order valence-corrected chi connectivity index (χ0v) is 13.3. The van der Waals surface area contributed by atoms with Gasteiger partial charge < -0.3 is 4.74 Å². The average Bonchev–Trinajstić information content (AvgIpc) is 2.44. The van der Waals surface area contributed by atoms with E-state index in [4.69, 9.17) is 0 Å². The molecule has 112 valence electrons. The maximum absolute atomic E-state index is 12.1. The molecule has 0 fully saturated rings. The lowest BCUT2D eigenvalue weighted by Crippen LogP contribution is -2.34. The van der Waals surface area contributed by atoms with Crippen LogP contribution in [0.1, 0.15) is 6.42 Å². The number of esters is 1. The molecular formula is C12H18N2O4S2. The fourth-order valence-corrected chi connectivity index (χ4v) is 2.98. The zero-order chi connectivity index (χ0) is 15.2. The first-order valence-electron chi connectivity index (χ1n) is 5.84. The second-order valence-corrected chi connectivity index (χ2v) is 6.58. The number of rotatable bonds is 7. The van der Waals surface area contributed by atoms with Crippen LogP contribution in [0.15, 0.2) is 29.2 Å². The van der Waals surface area contributed by atoms with Crippen molar-refractivity contribution in [2.45, 2.75) is 11.3 Å². The Hall–Kier alpha value is -1.25. The highest BCUT2D eigenvalue weighted by molar-refractivity contribution is 7.98. The average molecular weight is 318 g/mol. The number of anilines is 1. The highest BCUT2D eigenvalue weighted by Gasteiger charge is 2.19. The first-order valence-corrected chi connectivity index (χ1v) is 8.51. The molecule has 8 heteroatoms. The molecule has 1 aromatic carbocycles. The summed E-state index contributed by atoms with van der Waals surface area (Å²) >= 11 is 1.45. The van der Waals surface area contributed by atoms with Crippen molar-refractivity contribution in [2.24, 2.45) is 0 Å². The van der Waals surface area contributed by atoms with Gasteiger partial charge in [0.15, 0.2) is 0 Å². The Balaban J connectivity index is 2.76. The molecule has 0 bridgehead atoms. The molecule has 0 amide bonds. The van der Waals surface area contributed by atoms with Gasteiger partial charge in [0.2, 0.25) is 0 Å². The van der Waals surface area contributed by atoms with Crippen molar-refractivity contribution >= 4 is 33.6 Å². The number of para-hydroxylation sites is 1. The van der Waals surface area contributed by atoms with Crippen LogP contribution in [0.4, 0.5) is 5.69 Å². The van der Waals surface area contributed by atoms with Crippen molar-refractivity contribution in [3.63, 3.8) is 0 Å². The van der Waals surface area contributed by atoms with Gasteiger partial charge in [-0.15, -0.1) is 11.8 Å². The number of methoxy groups -OCH3 is 1. The Bertz CT molecular complexity index is 560. The smallest absolute Gasteiger partial charge is 0.306 e. The van der Waals surface area contributed by atoms with Crippen molar-refractivity contribution < 1.29 is 17.9 Å². The second-order valence-electron chi connectivity index (χ2n) is 3.96. The summed E-state index contributed by atoms with van der Waals surface area (Å²) in [5.74, 6) is -0.448. The van der Waals surface area contributed by atoms with Crippen LogP contribution in [0.5, 0.6) is 0 Å². The fourth-order valence-electron chi connectivity index (χ4n) is 1.42. The van der Waals surface area contributed by atoms with Crippen molar-refractivity contribution in [3.8, 4) is 0 Å². The van der Waals surface area contributed by atoms with Gasteiger partial charge in [-0.2, -0.15) is 12.7 Å². The summed E-state index contributed by atoms with van der Waals surface area (Å²) < 4.78 is 32.3. The summed E-state index contributed by atoms with van der Waals surface area (Å²) in [7, 11) is -1.01. The predicted molar refractivity (Wildman–Crippen MR) is 80.0 cm³/mol. The Morgan fingerprint density at radius 3 is 2.65 bits per heavy atom. The van der Waals surface area contributed by atoms with Crippen LogP contribution in [-0.4, -0.2) is 45.7 Å². The van der Waals surface area contributed by atoms with Gasteiger partial charge >= 0.3 is 16.2 Å². The molecule has 0 saturated carbocycles. The van der Waals surface area contributed by atoms with E-state index in [0.717, 1.165) is 9.20 Å². The molecule has 20 heavy (non-hydrogen) atoms. The Morgan fingerprint density at radius 1 is 1.40 bits per heavy atom. The number of hydrogen-bond donors (Lipinski definition) is 1. The van der Waals surface area contributed by atoms with E-state index >= 15 is 0 Å². The summed E-state index contributed by atoms with van der Waals surface area (Å²) in [4.78, 5) is 11.9. The van der Waals surface area contributed by atoms with Gasteiger partial charge in [0.1, 0.15) is 0 Å². The SMILES string of the molecule is COC(=O)CCN(C)S(=O)(=O)Nc1ccccc1SC. The summed E-state index contributed by atoms with van der Waals surface area (Å²) in [5.41, 5.74) is 0.518. The van der Waals surface area contributed by atoms with Gasteiger partial charge in [0, 0.05) is 18.5 Å². The fraction of sp³-hybridized carbons (Fsp3) is 0.417. The minimum Gasteiger partial charge on any atom is -0.469 e. The molecule has 1 rings (SSSR count). The molecule has 1 N–H and O–H groups in total. The van der Waals surface area contributed by atoms with E-state index in [-0.39, 0.29) is 13.0 Å². The van der Waals surface area contributed by atoms with Crippen molar-refractivity contribution in [1.82, 2.24) is 4.31 Å². The third-order valence-electron chi connectivity index (χ3n) is 2.61. The van der Waals surface area contributed by atoms with Crippen LogP contribution >= 0.6 is 11.8 Å². The van der Waals surface area contributed by atoms with Crippen LogP contribution in [0.3, 0.4) is 0 Å². The Labute approximate surface area is 123 Å². The number of ether oxygens (including phenoxy) is 1. The van der Waals surface area contributed by atoms with Gasteiger partial charge in [0.05, 0.1) is 19.2 Å². The Morgan fingerprint density at radius 2 is 2.05 bits per heavy atom. The normalized spacial score (nSPS) is 11.4. The van der Waals surface area contributed by atoms with Gasteiger partial charge in [-0.3, -0.25) is 9.52 Å². The monoisotopic (exact) mass is 318 g/mol. The molecular weight excluding hydrogens is 300 g/mol. The van der Waals surface area contributed by atoms with E-state index in [1.54, 1.807) is 12.1 Å². The van der Waals surface area contributed by atoms with Crippen molar-refractivity contribution in [3.05, 3.63) is 24.3 Å². The number of benzene rings is 1. The molecule has 0 aromatic heterocycles. The van der Waals surface area contributed by atoms with E-state index in [1.807, 2.05) is 18.4 Å². The van der Waals surface area contributed by atoms with E-state index < -0.39 is 16.2 Å². The summed E-state index contributed by atoms with van der Waals surface area (Å²) in [6.45, 7) is 0.0590. The quantitative estimate of drug-likeness (QED) is 0.610. The maximum atomic E-state index is 12.1. The summed E-state index contributed by atoms with van der Waals surface area (Å²) in [6, 6.07) is 7.12. The van der Waals surface area contributed by atoms with Gasteiger partial charge in [0.25, 0.3) is 0 Å². The van der Waals surface area contributed by atoms with Crippen molar-refractivity contribution in [2.75, 3.05) is 31.7 Å². The molecule has 0 saturated heterocycles. The third-order valence-corrected chi connectivity index (χ3v) is 4.89. The number of nitrogens with one attached hydrogen (secondary N) is 1. The van der Waals surface area contributed by atoms with Crippen LogP contribution in [-0.2, 0) is 19.7 Å². The number of thioether (sulfide) groups is 1. The molecule has 0 atom stereocenters. The molecule has 0 unspecified atom stereocenters. The first-order chi connectivity index (χ1) is 9.40. The standard InChI is InChI=1S/C12H18N2O4S2/c1-14(9-8-12(15)18-2)20(16,17)13-10-6-4-5-7-11(10)19-3/h4-7,13H,8-9H2,1-3H3. The minimum atomic E-state index is -3.69. The van der Waals surface area contributed by atoms with Gasteiger partial charge in [-0.1, -0.05) is 12.1 Å². The molecule has 0 aliphatic carbocycles. The predicted octanol–water partition coefficient (Wildman–Crippen LogP) is 1.56. The third kappa shape index (κ3) is 4.69. The van der Waals surface area contributed by atoms with E-state index in [9.17, 15) is 13.2 Å². The number of carbonyl (C=O) groups excluding carboxylic acids is 1. The number of hydrogen-bond acceptors (Lipinski definition) is 5. The number of nitrogens with zero attached hydrogens (tertiary/aromatic N) is 1. The summed E-state index contributed by atoms with van der Waals surface area (Å²) in [6.07, 6.45) is 1.88. The highest BCUT2D eigenvalue weighted by atomic mass is 32.2. The molecule has 1 aromatic rings. The second kappa shape index (κ2) is 7.51. The van der Waals surface area contributed by atoms with Crippen LogP contribution in [0.2, 0.25) is 0 Å². The van der Waals surface area contributed by atoms with Crippen LogP contribution < -0.4 is 4.72 Å². The minimum absolute atomic E-state index is 0.0120. The van der Waals surface area contributed by atoms with Gasteiger partial charge in [-0.05, 0) is 18.4 Å². The Kier molecular flexibility index (Phi) is 6.31. The molecule has 0 spiro atoms. The molecule has 6 nitrogen and oxygen atoms in total. The molecule has 0 aliphatic rings. The van der Waals surface area contributed by atoms with E-state index in [1.165, 1.54) is 25.9 Å². The van der Waals surface area contributed by atoms with Gasteiger partial charge in [-0.25, -0.2) is 0 Å². The van der Waals surface area contributed by atoms with E-state index in [0.29, 0.717) is 5.69 Å². The van der Waals surface area contributed by atoms with E-state index in [2.05, 4.69) is 9.46 Å². The molecule has 0 heterocycles. The first kappa shape index (κ1) is 16.8. The molecule has 0 aliphatic heterocycles. The highest BCUT2D eigenvalue weighted by Crippen LogP contribution is 2.25. The lowest BCUT2D eigenvalue weighted by Gasteiger charge is -2.18. The number of carbonyl (C=O) groups is 1. The lowest BCUT2D eigenvalue weighted by molar-refractivity contribution is -0.140. The molecule has 0 radical (unpaired) electrons. The lowest BCUT2D eigenvalue weighted by atomic mass is 10.3.